The number of aromatic nitrogens is 2. The Bertz CT molecular complexity index is 982. The molecule has 4 rings (SSSR count). The first kappa shape index (κ1) is 16.0. The van der Waals surface area contributed by atoms with E-state index in [1.807, 2.05) is 12.1 Å². The Kier molecular flexibility index (Phi) is 4.20. The van der Waals surface area contributed by atoms with Crippen LogP contribution in [0, 0.1) is 11.3 Å². The van der Waals surface area contributed by atoms with Crippen molar-refractivity contribution in [1.82, 2.24) is 10.1 Å². The number of nitriles is 1. The molecule has 1 heterocycles. The van der Waals surface area contributed by atoms with Crippen molar-refractivity contribution < 1.29 is 9.32 Å². The first-order chi connectivity index (χ1) is 12.7. The van der Waals surface area contributed by atoms with E-state index in [0.29, 0.717) is 34.4 Å². The normalized spacial score (nSPS) is 13.7. The first-order valence-electron chi connectivity index (χ1n) is 8.48. The fraction of sp³-hybridized carbons (Fsp3) is 0.200. The number of nitrogens with one attached hydrogen (secondary N) is 1. The molecule has 1 aliphatic rings. The summed E-state index contributed by atoms with van der Waals surface area (Å²) in [6, 6.07) is 15.9. The standard InChI is InChI=1S/C20H16N4O2/c21-12-13-7-9-17(10-8-13)22-19(25)16-6-2-5-15(11-16)18-23-20(26-24-18)14-3-1-4-14/h2,5-11,14H,1,3-4H2,(H,22,25). The maximum atomic E-state index is 12.5. The van der Waals surface area contributed by atoms with Gasteiger partial charge < -0.3 is 9.84 Å². The van der Waals surface area contributed by atoms with Crippen molar-refractivity contribution in [3.63, 3.8) is 0 Å². The quantitative estimate of drug-likeness (QED) is 0.768. The molecule has 1 N–H and O–H groups in total. The van der Waals surface area contributed by atoms with Gasteiger partial charge in [0.2, 0.25) is 11.7 Å². The summed E-state index contributed by atoms with van der Waals surface area (Å²) < 4.78 is 5.35. The lowest BCUT2D eigenvalue weighted by Crippen LogP contribution is -2.11. The highest BCUT2D eigenvalue weighted by molar-refractivity contribution is 6.04. The van der Waals surface area contributed by atoms with Crippen LogP contribution in [-0.2, 0) is 0 Å². The summed E-state index contributed by atoms with van der Waals surface area (Å²) in [7, 11) is 0. The lowest BCUT2D eigenvalue weighted by atomic mass is 9.85. The molecule has 2 aromatic carbocycles. The number of anilines is 1. The van der Waals surface area contributed by atoms with Crippen molar-refractivity contribution in [1.29, 1.82) is 5.26 Å². The van der Waals surface area contributed by atoms with Gasteiger partial charge in [-0.15, -0.1) is 0 Å². The number of carbonyl (C=O) groups is 1. The van der Waals surface area contributed by atoms with Crippen molar-refractivity contribution in [3.05, 3.63) is 65.5 Å². The number of rotatable bonds is 4. The minimum atomic E-state index is -0.237. The molecule has 0 saturated heterocycles. The molecule has 26 heavy (non-hydrogen) atoms. The van der Waals surface area contributed by atoms with E-state index >= 15 is 0 Å². The van der Waals surface area contributed by atoms with E-state index in [0.717, 1.165) is 18.4 Å². The summed E-state index contributed by atoms with van der Waals surface area (Å²) in [6.07, 6.45) is 3.39. The van der Waals surface area contributed by atoms with Crippen molar-refractivity contribution in [3.8, 4) is 17.5 Å². The maximum absolute atomic E-state index is 12.5. The van der Waals surface area contributed by atoms with Crippen LogP contribution in [0.2, 0.25) is 0 Å². The van der Waals surface area contributed by atoms with E-state index < -0.39 is 0 Å². The lowest BCUT2D eigenvalue weighted by Gasteiger charge is -2.20. The molecule has 1 saturated carbocycles. The van der Waals surface area contributed by atoms with Crippen molar-refractivity contribution in [2.24, 2.45) is 0 Å². The molecule has 1 amide bonds. The van der Waals surface area contributed by atoms with Gasteiger partial charge in [0, 0.05) is 22.7 Å². The second-order valence-electron chi connectivity index (χ2n) is 6.31. The number of nitrogens with zero attached hydrogens (tertiary/aromatic N) is 3. The van der Waals surface area contributed by atoms with E-state index in [2.05, 4.69) is 15.5 Å². The van der Waals surface area contributed by atoms with Crippen LogP contribution in [0.15, 0.2) is 53.1 Å². The second-order valence-corrected chi connectivity index (χ2v) is 6.31. The number of carbonyl (C=O) groups excluding carboxylic acids is 1. The minimum Gasteiger partial charge on any atom is -0.339 e. The van der Waals surface area contributed by atoms with Gasteiger partial charge in [-0.3, -0.25) is 4.79 Å². The van der Waals surface area contributed by atoms with Crippen molar-refractivity contribution >= 4 is 11.6 Å². The number of hydrogen-bond donors (Lipinski definition) is 1. The molecule has 0 radical (unpaired) electrons. The van der Waals surface area contributed by atoms with Crippen LogP contribution in [-0.4, -0.2) is 16.0 Å². The number of amides is 1. The monoisotopic (exact) mass is 344 g/mol. The molecule has 0 spiro atoms. The van der Waals surface area contributed by atoms with Crippen LogP contribution in [0.3, 0.4) is 0 Å². The Hall–Kier alpha value is -3.46. The topological polar surface area (TPSA) is 91.8 Å². The van der Waals surface area contributed by atoms with E-state index in [9.17, 15) is 4.79 Å². The van der Waals surface area contributed by atoms with Crippen LogP contribution in [0.1, 0.15) is 47.0 Å². The number of hydrogen-bond acceptors (Lipinski definition) is 5. The molecule has 0 bridgehead atoms. The molecule has 6 nitrogen and oxygen atoms in total. The Morgan fingerprint density at radius 3 is 2.69 bits per heavy atom. The fourth-order valence-electron chi connectivity index (χ4n) is 2.80. The third-order valence-corrected chi connectivity index (χ3v) is 4.55. The Labute approximate surface area is 150 Å². The third-order valence-electron chi connectivity index (χ3n) is 4.55. The SMILES string of the molecule is N#Cc1ccc(NC(=O)c2cccc(-c3noc(C4CCC4)n3)c2)cc1. The molecule has 1 aromatic heterocycles. The molecule has 128 valence electrons. The molecule has 6 heteroatoms. The van der Waals surface area contributed by atoms with Gasteiger partial charge in [-0.1, -0.05) is 23.7 Å². The summed E-state index contributed by atoms with van der Waals surface area (Å²) in [5.74, 6) is 1.32. The molecular weight excluding hydrogens is 328 g/mol. The predicted molar refractivity (Wildman–Crippen MR) is 95.4 cm³/mol. The van der Waals surface area contributed by atoms with E-state index in [-0.39, 0.29) is 5.91 Å². The van der Waals surface area contributed by atoms with Crippen molar-refractivity contribution in [2.45, 2.75) is 25.2 Å². The summed E-state index contributed by atoms with van der Waals surface area (Å²) in [5.41, 5.74) is 2.42. The van der Waals surface area contributed by atoms with Crippen LogP contribution in [0.4, 0.5) is 5.69 Å². The second kappa shape index (κ2) is 6.81. The summed E-state index contributed by atoms with van der Waals surface area (Å²) in [6.45, 7) is 0. The van der Waals surface area contributed by atoms with E-state index in [1.165, 1.54) is 6.42 Å². The molecule has 1 aliphatic carbocycles. The van der Waals surface area contributed by atoms with Crippen LogP contribution in [0.5, 0.6) is 0 Å². The zero-order valence-electron chi connectivity index (χ0n) is 14.0. The molecule has 3 aromatic rings. The first-order valence-corrected chi connectivity index (χ1v) is 8.48. The van der Waals surface area contributed by atoms with Gasteiger partial charge in [0.1, 0.15) is 0 Å². The highest BCUT2D eigenvalue weighted by atomic mass is 16.5. The third kappa shape index (κ3) is 3.20. The van der Waals surface area contributed by atoms with Gasteiger partial charge in [-0.25, -0.2) is 0 Å². The zero-order valence-corrected chi connectivity index (χ0v) is 14.0. The molecule has 1 fully saturated rings. The van der Waals surface area contributed by atoms with Crippen LogP contribution < -0.4 is 5.32 Å². The van der Waals surface area contributed by atoms with E-state index in [1.54, 1.807) is 42.5 Å². The predicted octanol–water partition coefficient (Wildman–Crippen LogP) is 4.13. The largest absolute Gasteiger partial charge is 0.339 e. The van der Waals surface area contributed by atoms with E-state index in [4.69, 9.17) is 9.78 Å². The smallest absolute Gasteiger partial charge is 0.255 e. The van der Waals surface area contributed by atoms with Crippen LogP contribution >= 0.6 is 0 Å². The summed E-state index contributed by atoms with van der Waals surface area (Å²) in [5, 5.41) is 15.7. The van der Waals surface area contributed by atoms with Crippen molar-refractivity contribution in [2.75, 3.05) is 5.32 Å². The Morgan fingerprint density at radius 2 is 2.00 bits per heavy atom. The van der Waals surface area contributed by atoms with Gasteiger partial charge in [0.05, 0.1) is 11.6 Å². The highest BCUT2D eigenvalue weighted by Crippen LogP contribution is 2.36. The lowest BCUT2D eigenvalue weighted by molar-refractivity contribution is 0.102. The molecular formula is C20H16N4O2. The average Bonchev–Trinajstić information content (AvgIpc) is 3.10. The molecule has 0 unspecified atom stereocenters. The zero-order chi connectivity index (χ0) is 17.9. The minimum absolute atomic E-state index is 0.237. The van der Waals surface area contributed by atoms with Gasteiger partial charge in [-0.05, 0) is 49.2 Å². The molecule has 0 aliphatic heterocycles. The summed E-state index contributed by atoms with van der Waals surface area (Å²) in [4.78, 5) is 16.9. The number of benzene rings is 2. The van der Waals surface area contributed by atoms with Gasteiger partial charge in [0.25, 0.3) is 5.91 Å². The van der Waals surface area contributed by atoms with Gasteiger partial charge in [-0.2, -0.15) is 10.2 Å². The average molecular weight is 344 g/mol. The van der Waals surface area contributed by atoms with Gasteiger partial charge >= 0.3 is 0 Å². The van der Waals surface area contributed by atoms with Gasteiger partial charge in [0.15, 0.2) is 0 Å². The fourth-order valence-corrected chi connectivity index (χ4v) is 2.80. The Morgan fingerprint density at radius 1 is 1.19 bits per heavy atom. The highest BCUT2D eigenvalue weighted by Gasteiger charge is 2.25. The summed E-state index contributed by atoms with van der Waals surface area (Å²) >= 11 is 0. The Balaban J connectivity index is 1.51. The van der Waals surface area contributed by atoms with Crippen LogP contribution in [0.25, 0.3) is 11.4 Å². The maximum Gasteiger partial charge on any atom is 0.255 e. The molecule has 0 atom stereocenters.